The fourth-order valence-corrected chi connectivity index (χ4v) is 5.55. The molecule has 0 radical (unpaired) electrons. The molecule has 1 aromatic heterocycles. The molecule has 4 rings (SSSR count). The van der Waals surface area contributed by atoms with Crippen molar-refractivity contribution in [2.75, 3.05) is 43.9 Å². The SMILES string of the molecule is Nc1cc(CNc2nc(Cl)nc3c2CN(S(=O)(=O)N2CCOCC2)CC3)cc(C(F)(F)F)c1. The Morgan fingerprint density at radius 2 is 1.85 bits per heavy atom. The van der Waals surface area contributed by atoms with Crippen molar-refractivity contribution >= 4 is 33.3 Å². The Labute approximate surface area is 193 Å². The predicted molar refractivity (Wildman–Crippen MR) is 116 cm³/mol. The summed E-state index contributed by atoms with van der Waals surface area (Å²) in [5.41, 5.74) is 6.17. The molecule has 3 heterocycles. The highest BCUT2D eigenvalue weighted by molar-refractivity contribution is 7.86. The number of fused-ring (bicyclic) bond motifs is 1. The molecule has 0 aliphatic carbocycles. The quantitative estimate of drug-likeness (QED) is 0.472. The lowest BCUT2D eigenvalue weighted by atomic mass is 10.1. The second-order valence-corrected chi connectivity index (χ2v) is 9.95. The minimum atomic E-state index is -4.53. The Balaban J connectivity index is 1.57. The molecule has 180 valence electrons. The molecule has 0 saturated carbocycles. The van der Waals surface area contributed by atoms with Gasteiger partial charge >= 0.3 is 6.18 Å². The molecule has 2 aliphatic rings. The van der Waals surface area contributed by atoms with E-state index in [1.807, 2.05) is 0 Å². The van der Waals surface area contributed by atoms with Gasteiger partial charge in [-0.3, -0.25) is 0 Å². The van der Waals surface area contributed by atoms with Crippen molar-refractivity contribution < 1.29 is 26.3 Å². The molecule has 14 heteroatoms. The molecule has 33 heavy (non-hydrogen) atoms. The minimum absolute atomic E-state index is 0.0132. The van der Waals surface area contributed by atoms with Gasteiger partial charge in [0.05, 0.1) is 24.5 Å². The Kier molecular flexibility index (Phi) is 6.69. The van der Waals surface area contributed by atoms with Gasteiger partial charge in [0.15, 0.2) is 0 Å². The van der Waals surface area contributed by atoms with Crippen molar-refractivity contribution in [3.8, 4) is 0 Å². The highest BCUT2D eigenvalue weighted by atomic mass is 35.5. The fourth-order valence-electron chi connectivity index (χ4n) is 3.81. The number of nitrogens with one attached hydrogen (secondary N) is 1. The van der Waals surface area contributed by atoms with Crippen LogP contribution in [0.1, 0.15) is 22.4 Å². The average Bonchev–Trinajstić information content (AvgIpc) is 2.76. The van der Waals surface area contributed by atoms with Crippen LogP contribution in [-0.2, 0) is 40.6 Å². The second kappa shape index (κ2) is 9.22. The molecule has 2 aromatic rings. The maximum Gasteiger partial charge on any atom is 0.416 e. The van der Waals surface area contributed by atoms with Gasteiger partial charge in [-0.15, -0.1) is 0 Å². The van der Waals surface area contributed by atoms with Gasteiger partial charge in [-0.25, -0.2) is 9.97 Å². The first kappa shape index (κ1) is 24.0. The molecule has 0 amide bonds. The van der Waals surface area contributed by atoms with Gasteiger partial charge in [-0.05, 0) is 35.4 Å². The summed E-state index contributed by atoms with van der Waals surface area (Å²) in [4.78, 5) is 8.37. The van der Waals surface area contributed by atoms with Crippen molar-refractivity contribution in [2.45, 2.75) is 25.7 Å². The van der Waals surface area contributed by atoms with Crippen molar-refractivity contribution in [1.29, 1.82) is 0 Å². The molecule has 0 atom stereocenters. The van der Waals surface area contributed by atoms with Crippen molar-refractivity contribution in [2.24, 2.45) is 0 Å². The Bertz CT molecular complexity index is 1140. The third-order valence-corrected chi connectivity index (χ3v) is 7.57. The predicted octanol–water partition coefficient (Wildman–Crippen LogP) is 2.28. The van der Waals surface area contributed by atoms with Crippen LogP contribution in [-0.4, -0.2) is 59.8 Å². The van der Waals surface area contributed by atoms with Crippen LogP contribution in [0.5, 0.6) is 0 Å². The molecular formula is C19H22ClF3N6O3S. The summed E-state index contributed by atoms with van der Waals surface area (Å²) in [5.74, 6) is 0.267. The van der Waals surface area contributed by atoms with Gasteiger partial charge in [0, 0.05) is 50.4 Å². The Morgan fingerprint density at radius 3 is 2.55 bits per heavy atom. The molecular weight excluding hydrogens is 485 g/mol. The lowest BCUT2D eigenvalue weighted by Gasteiger charge is -2.34. The number of ether oxygens (including phenoxy) is 1. The number of halogens is 4. The van der Waals surface area contributed by atoms with Crippen molar-refractivity contribution in [3.63, 3.8) is 0 Å². The van der Waals surface area contributed by atoms with E-state index in [1.54, 1.807) is 0 Å². The number of nitrogens with zero attached hydrogens (tertiary/aromatic N) is 4. The number of hydrogen-bond donors (Lipinski definition) is 2. The number of rotatable bonds is 5. The number of nitrogen functional groups attached to an aromatic ring is 1. The number of aromatic nitrogens is 2. The first-order valence-corrected chi connectivity index (χ1v) is 11.9. The number of anilines is 2. The molecule has 0 unspecified atom stereocenters. The zero-order chi connectivity index (χ0) is 23.8. The van der Waals surface area contributed by atoms with Crippen molar-refractivity contribution in [3.05, 3.63) is 45.9 Å². The third kappa shape index (κ3) is 5.32. The molecule has 0 bridgehead atoms. The topological polar surface area (TPSA) is 114 Å². The van der Waals surface area contributed by atoms with Gasteiger partial charge in [-0.2, -0.15) is 30.2 Å². The van der Waals surface area contributed by atoms with Crippen LogP contribution < -0.4 is 11.1 Å². The van der Waals surface area contributed by atoms with E-state index in [1.165, 1.54) is 14.7 Å². The molecule has 1 aromatic carbocycles. The largest absolute Gasteiger partial charge is 0.416 e. The maximum absolute atomic E-state index is 13.1. The molecule has 1 fully saturated rings. The first-order chi connectivity index (χ1) is 15.5. The van der Waals surface area contributed by atoms with Crippen molar-refractivity contribution in [1.82, 2.24) is 18.6 Å². The second-order valence-electron chi connectivity index (χ2n) is 7.68. The average molecular weight is 507 g/mol. The van der Waals surface area contributed by atoms with Crippen LogP contribution >= 0.6 is 11.6 Å². The van der Waals surface area contributed by atoms with Crippen LogP contribution in [0, 0.1) is 0 Å². The highest BCUT2D eigenvalue weighted by Crippen LogP contribution is 2.32. The molecule has 9 nitrogen and oxygen atoms in total. The molecule has 3 N–H and O–H groups in total. The summed E-state index contributed by atoms with van der Waals surface area (Å²) in [5, 5.41) is 2.94. The molecule has 0 spiro atoms. The zero-order valence-corrected chi connectivity index (χ0v) is 19.0. The van der Waals surface area contributed by atoms with E-state index in [0.717, 1.165) is 12.1 Å². The van der Waals surface area contributed by atoms with Crippen LogP contribution in [0.3, 0.4) is 0 Å². The summed E-state index contributed by atoms with van der Waals surface area (Å²) in [7, 11) is -3.72. The third-order valence-electron chi connectivity index (χ3n) is 5.42. The van der Waals surface area contributed by atoms with Crippen LogP contribution in [0.25, 0.3) is 0 Å². The molecule has 2 aliphatic heterocycles. The van der Waals surface area contributed by atoms with E-state index >= 15 is 0 Å². The summed E-state index contributed by atoms with van der Waals surface area (Å²) in [6.07, 6.45) is -4.21. The van der Waals surface area contributed by atoms with E-state index < -0.39 is 21.9 Å². The number of benzene rings is 1. The number of alkyl halides is 3. The van der Waals surface area contributed by atoms with Crippen LogP contribution in [0.4, 0.5) is 24.7 Å². The monoisotopic (exact) mass is 506 g/mol. The molecule has 1 saturated heterocycles. The van der Waals surface area contributed by atoms with E-state index in [2.05, 4.69) is 15.3 Å². The van der Waals surface area contributed by atoms with E-state index in [0.29, 0.717) is 36.5 Å². The summed E-state index contributed by atoms with van der Waals surface area (Å²) >= 11 is 6.04. The lowest BCUT2D eigenvalue weighted by Crippen LogP contribution is -2.50. The van der Waals surface area contributed by atoms with Gasteiger partial charge in [0.2, 0.25) is 5.28 Å². The number of hydrogen-bond acceptors (Lipinski definition) is 7. The summed E-state index contributed by atoms with van der Waals surface area (Å²) in [6, 6.07) is 3.28. The first-order valence-electron chi connectivity index (χ1n) is 10.1. The van der Waals surface area contributed by atoms with E-state index in [-0.39, 0.29) is 49.5 Å². The highest BCUT2D eigenvalue weighted by Gasteiger charge is 2.35. The standard InChI is InChI=1S/C19H22ClF3N6O3S/c20-18-26-16-1-2-29(33(30,31)28-3-5-32-6-4-28)11-15(16)17(27-18)25-10-12-7-13(19(21,22)23)9-14(24)8-12/h7-9H,1-6,10-11,24H2,(H,25,26,27). The Hall–Kier alpha value is -2.19. The van der Waals surface area contributed by atoms with E-state index in [9.17, 15) is 21.6 Å². The lowest BCUT2D eigenvalue weighted by molar-refractivity contribution is -0.137. The number of morpholine rings is 1. The van der Waals surface area contributed by atoms with Gasteiger partial charge in [0.25, 0.3) is 10.2 Å². The zero-order valence-electron chi connectivity index (χ0n) is 17.4. The van der Waals surface area contributed by atoms with Crippen LogP contribution in [0.2, 0.25) is 5.28 Å². The minimum Gasteiger partial charge on any atom is -0.399 e. The van der Waals surface area contributed by atoms with Gasteiger partial charge < -0.3 is 15.8 Å². The fraction of sp³-hybridized carbons (Fsp3) is 0.474. The van der Waals surface area contributed by atoms with Gasteiger partial charge in [-0.1, -0.05) is 0 Å². The van der Waals surface area contributed by atoms with Gasteiger partial charge in [0.1, 0.15) is 5.82 Å². The summed E-state index contributed by atoms with van der Waals surface area (Å²) in [6.45, 7) is 1.41. The number of nitrogens with two attached hydrogens (primary N) is 1. The normalized spacial score (nSPS) is 18.2. The maximum atomic E-state index is 13.1. The van der Waals surface area contributed by atoms with Crippen LogP contribution in [0.15, 0.2) is 18.2 Å². The Morgan fingerprint density at radius 1 is 1.12 bits per heavy atom. The van der Waals surface area contributed by atoms with E-state index in [4.69, 9.17) is 22.1 Å². The smallest absolute Gasteiger partial charge is 0.399 e. The summed E-state index contributed by atoms with van der Waals surface area (Å²) < 4.78 is 73.4.